The van der Waals surface area contributed by atoms with Gasteiger partial charge in [0.2, 0.25) is 5.91 Å². The van der Waals surface area contributed by atoms with Crippen molar-refractivity contribution in [2.24, 2.45) is 0 Å². The van der Waals surface area contributed by atoms with Gasteiger partial charge in [0.15, 0.2) is 14.9 Å². The SMILES string of the molecule is COC(=O)CCc1ccc(-c2cc3cc(Oc4ccc(S(C)(=O)=O)nc4)c(C4CCC(=O)N4C)cc3[nH]2)nc1. The maximum absolute atomic E-state index is 12.3. The molecule has 4 aromatic rings. The third kappa shape index (κ3) is 5.63. The average molecular weight is 549 g/mol. The number of amides is 1. The van der Waals surface area contributed by atoms with Crippen LogP contribution in [0.25, 0.3) is 22.3 Å². The van der Waals surface area contributed by atoms with E-state index in [1.165, 1.54) is 19.4 Å². The van der Waals surface area contributed by atoms with Crippen LogP contribution in [0.4, 0.5) is 0 Å². The Bertz CT molecular complexity index is 1650. The Hall–Kier alpha value is -4.25. The van der Waals surface area contributed by atoms with E-state index in [0.717, 1.165) is 39.7 Å². The molecule has 0 bridgehead atoms. The van der Waals surface area contributed by atoms with E-state index < -0.39 is 9.84 Å². The Morgan fingerprint density at radius 2 is 1.95 bits per heavy atom. The number of carbonyl (C=O) groups excluding carboxylic acids is 2. The normalized spacial score (nSPS) is 15.6. The second kappa shape index (κ2) is 10.5. The summed E-state index contributed by atoms with van der Waals surface area (Å²) in [5, 5.41) is 0.846. The van der Waals surface area contributed by atoms with Crippen molar-refractivity contribution in [1.82, 2.24) is 19.9 Å². The van der Waals surface area contributed by atoms with Gasteiger partial charge >= 0.3 is 5.97 Å². The Morgan fingerprint density at radius 3 is 2.56 bits per heavy atom. The van der Waals surface area contributed by atoms with Crippen LogP contribution in [0.5, 0.6) is 11.5 Å². The number of aryl methyl sites for hydroxylation is 1. The molecule has 5 rings (SSSR count). The van der Waals surface area contributed by atoms with Gasteiger partial charge in [-0.05, 0) is 54.8 Å². The van der Waals surface area contributed by atoms with Gasteiger partial charge in [0.1, 0.15) is 11.5 Å². The van der Waals surface area contributed by atoms with Crippen molar-refractivity contribution in [1.29, 1.82) is 0 Å². The van der Waals surface area contributed by atoms with Crippen molar-refractivity contribution >= 4 is 32.6 Å². The van der Waals surface area contributed by atoms with E-state index in [4.69, 9.17) is 9.47 Å². The number of nitrogens with zero attached hydrogens (tertiary/aromatic N) is 3. The lowest BCUT2D eigenvalue weighted by Gasteiger charge is -2.23. The van der Waals surface area contributed by atoms with Crippen molar-refractivity contribution in [2.45, 2.75) is 36.8 Å². The molecule has 0 saturated carbocycles. The van der Waals surface area contributed by atoms with Crippen LogP contribution in [0.3, 0.4) is 0 Å². The summed E-state index contributed by atoms with van der Waals surface area (Å²) in [5.41, 5.74) is 4.18. The zero-order chi connectivity index (χ0) is 27.7. The number of aromatic amines is 1. The summed E-state index contributed by atoms with van der Waals surface area (Å²) in [4.78, 5) is 37.5. The highest BCUT2D eigenvalue weighted by Gasteiger charge is 2.31. The molecule has 1 amide bonds. The Kier molecular flexibility index (Phi) is 7.09. The van der Waals surface area contributed by atoms with Gasteiger partial charge in [-0.2, -0.15) is 0 Å². The molecule has 1 atom stereocenters. The number of hydrogen-bond acceptors (Lipinski definition) is 8. The molecule has 1 aromatic carbocycles. The third-order valence-electron chi connectivity index (χ3n) is 6.87. The number of H-pyrrole nitrogens is 1. The lowest BCUT2D eigenvalue weighted by Crippen LogP contribution is -2.22. The molecule has 0 radical (unpaired) electrons. The van der Waals surface area contributed by atoms with E-state index in [9.17, 15) is 18.0 Å². The number of fused-ring (bicyclic) bond motifs is 1. The summed E-state index contributed by atoms with van der Waals surface area (Å²) in [6.45, 7) is 0. The maximum Gasteiger partial charge on any atom is 0.305 e. The van der Waals surface area contributed by atoms with Gasteiger partial charge in [-0.3, -0.25) is 14.6 Å². The number of likely N-dealkylation sites (tertiary alicyclic amines) is 1. The number of ether oxygens (including phenoxy) is 2. The van der Waals surface area contributed by atoms with Gasteiger partial charge in [-0.15, -0.1) is 0 Å². The number of methoxy groups -OCH3 is 1. The standard InChI is InChI=1S/C28H28N4O6S/c1-32-24(8-10-27(32)33)20-14-22-18(13-25(20)38-19-6-9-26(30-16-19)39(3,35)36)12-23(31-22)21-7-4-17(15-29-21)5-11-28(34)37-2/h4,6-7,9,12-16,24,31H,5,8,10-11H2,1-3H3. The molecule has 39 heavy (non-hydrogen) atoms. The first kappa shape index (κ1) is 26.4. The Labute approximate surface area is 225 Å². The minimum absolute atomic E-state index is 0.0364. The van der Waals surface area contributed by atoms with Crippen LogP contribution >= 0.6 is 0 Å². The predicted octanol–water partition coefficient (Wildman–Crippen LogP) is 4.22. The van der Waals surface area contributed by atoms with Crippen LogP contribution in [-0.4, -0.2) is 60.6 Å². The van der Waals surface area contributed by atoms with Crippen LogP contribution in [-0.2, 0) is 30.6 Å². The van der Waals surface area contributed by atoms with E-state index in [1.54, 1.807) is 24.2 Å². The first-order valence-corrected chi connectivity index (χ1v) is 14.3. The number of nitrogens with one attached hydrogen (secondary N) is 1. The highest BCUT2D eigenvalue weighted by molar-refractivity contribution is 7.90. The molecule has 202 valence electrons. The Morgan fingerprint density at radius 1 is 1.13 bits per heavy atom. The molecule has 1 aliphatic rings. The number of sulfone groups is 1. The minimum atomic E-state index is -3.43. The monoisotopic (exact) mass is 548 g/mol. The third-order valence-corrected chi connectivity index (χ3v) is 7.87. The number of benzene rings is 1. The topological polar surface area (TPSA) is 132 Å². The largest absolute Gasteiger partial charge is 0.469 e. The molecule has 0 spiro atoms. The lowest BCUT2D eigenvalue weighted by atomic mass is 10.0. The number of aromatic nitrogens is 3. The smallest absolute Gasteiger partial charge is 0.305 e. The van der Waals surface area contributed by atoms with E-state index in [2.05, 4.69) is 15.0 Å². The van der Waals surface area contributed by atoms with Gasteiger partial charge in [0, 0.05) is 48.8 Å². The second-order valence-corrected chi connectivity index (χ2v) is 11.5. The molecular formula is C28H28N4O6S. The molecule has 1 saturated heterocycles. The van der Waals surface area contributed by atoms with Crippen molar-refractivity contribution < 1.29 is 27.5 Å². The van der Waals surface area contributed by atoms with Crippen molar-refractivity contribution in [3.05, 3.63) is 66.0 Å². The van der Waals surface area contributed by atoms with Gasteiger partial charge in [-0.25, -0.2) is 13.4 Å². The van der Waals surface area contributed by atoms with Crippen molar-refractivity contribution in [3.8, 4) is 22.9 Å². The molecule has 0 aliphatic carbocycles. The average Bonchev–Trinajstić information content (AvgIpc) is 3.49. The first-order chi connectivity index (χ1) is 18.6. The summed E-state index contributed by atoms with van der Waals surface area (Å²) in [6.07, 6.45) is 6.17. The molecule has 1 N–H and O–H groups in total. The van der Waals surface area contributed by atoms with Crippen LogP contribution in [0, 0.1) is 0 Å². The van der Waals surface area contributed by atoms with Gasteiger partial charge in [0.25, 0.3) is 0 Å². The van der Waals surface area contributed by atoms with Crippen molar-refractivity contribution in [2.75, 3.05) is 20.4 Å². The molecule has 1 aliphatic heterocycles. The maximum atomic E-state index is 12.3. The summed E-state index contributed by atoms with van der Waals surface area (Å²) < 4.78 is 34.5. The van der Waals surface area contributed by atoms with Crippen LogP contribution < -0.4 is 4.74 Å². The van der Waals surface area contributed by atoms with E-state index >= 15 is 0 Å². The van der Waals surface area contributed by atoms with E-state index in [0.29, 0.717) is 37.2 Å². The molecule has 1 unspecified atom stereocenters. The fourth-order valence-electron chi connectivity index (χ4n) is 4.69. The summed E-state index contributed by atoms with van der Waals surface area (Å²) in [7, 11) is -0.282. The molecule has 10 nitrogen and oxygen atoms in total. The number of rotatable bonds is 8. The fourth-order valence-corrected chi connectivity index (χ4v) is 5.24. The minimum Gasteiger partial charge on any atom is -0.469 e. The number of esters is 1. The molecule has 11 heteroatoms. The summed E-state index contributed by atoms with van der Waals surface area (Å²) >= 11 is 0. The predicted molar refractivity (Wildman–Crippen MR) is 144 cm³/mol. The van der Waals surface area contributed by atoms with Crippen LogP contribution in [0.15, 0.2) is 59.9 Å². The van der Waals surface area contributed by atoms with Gasteiger partial charge < -0.3 is 19.4 Å². The van der Waals surface area contributed by atoms with E-state index in [-0.39, 0.29) is 22.9 Å². The quantitative estimate of drug-likeness (QED) is 0.324. The Balaban J connectivity index is 1.48. The van der Waals surface area contributed by atoms with E-state index in [1.807, 2.05) is 30.3 Å². The number of pyridine rings is 2. The zero-order valence-corrected chi connectivity index (χ0v) is 22.6. The molecule has 3 aromatic heterocycles. The van der Waals surface area contributed by atoms with Gasteiger partial charge in [-0.1, -0.05) is 6.07 Å². The first-order valence-electron chi connectivity index (χ1n) is 12.4. The lowest BCUT2D eigenvalue weighted by molar-refractivity contribution is -0.140. The van der Waals surface area contributed by atoms with Crippen LogP contribution in [0.2, 0.25) is 0 Å². The molecular weight excluding hydrogens is 520 g/mol. The number of hydrogen-bond donors (Lipinski definition) is 1. The number of carbonyl (C=O) groups is 2. The van der Waals surface area contributed by atoms with Crippen molar-refractivity contribution in [3.63, 3.8) is 0 Å². The van der Waals surface area contributed by atoms with Crippen LogP contribution in [0.1, 0.15) is 36.4 Å². The summed E-state index contributed by atoms with van der Waals surface area (Å²) in [5.74, 6) is 0.740. The second-order valence-electron chi connectivity index (χ2n) is 9.55. The van der Waals surface area contributed by atoms with Gasteiger partial charge in [0.05, 0.1) is 30.7 Å². The summed E-state index contributed by atoms with van der Waals surface area (Å²) in [6, 6.07) is 12.5. The molecule has 1 fully saturated rings. The fraction of sp³-hybridized carbons (Fsp3) is 0.286. The highest BCUT2D eigenvalue weighted by Crippen LogP contribution is 2.41. The highest BCUT2D eigenvalue weighted by atomic mass is 32.2. The molecule has 4 heterocycles. The zero-order valence-electron chi connectivity index (χ0n) is 21.8.